The number of urea groups is 1. The van der Waals surface area contributed by atoms with Gasteiger partial charge in [0.2, 0.25) is 0 Å². The molecule has 2 amide bonds. The Kier molecular flexibility index (Phi) is 3.62. The molecule has 2 rings (SSSR count). The third-order valence-corrected chi connectivity index (χ3v) is 2.43. The van der Waals surface area contributed by atoms with Crippen LogP contribution in [0.5, 0.6) is 0 Å². The van der Waals surface area contributed by atoms with Crippen molar-refractivity contribution in [3.05, 3.63) is 30.5 Å². The number of aromatic amines is 1. The highest BCUT2D eigenvalue weighted by Gasteiger charge is 2.01. The average molecular weight is 233 g/mol. The maximum atomic E-state index is 11.4. The first kappa shape index (κ1) is 11.5. The highest BCUT2D eigenvalue weighted by molar-refractivity contribution is 5.92. The molecule has 0 aliphatic carbocycles. The van der Waals surface area contributed by atoms with E-state index in [4.69, 9.17) is 5.11 Å². The maximum absolute atomic E-state index is 11.4. The Morgan fingerprint density at radius 3 is 3.06 bits per heavy atom. The lowest BCUT2D eigenvalue weighted by atomic mass is 10.2. The number of carbonyl (C=O) groups is 1. The maximum Gasteiger partial charge on any atom is 0.319 e. The second-order valence-corrected chi connectivity index (χ2v) is 3.74. The number of aliphatic hydroxyl groups excluding tert-OH is 1. The van der Waals surface area contributed by atoms with Crippen molar-refractivity contribution in [1.82, 2.24) is 10.3 Å². The van der Waals surface area contributed by atoms with E-state index < -0.39 is 0 Å². The first-order valence-electron chi connectivity index (χ1n) is 5.52. The van der Waals surface area contributed by atoms with Gasteiger partial charge < -0.3 is 20.7 Å². The highest BCUT2D eigenvalue weighted by atomic mass is 16.3. The van der Waals surface area contributed by atoms with Crippen LogP contribution in [0.4, 0.5) is 10.5 Å². The molecule has 4 N–H and O–H groups in total. The van der Waals surface area contributed by atoms with E-state index in [-0.39, 0.29) is 12.6 Å². The van der Waals surface area contributed by atoms with E-state index in [0.717, 1.165) is 16.6 Å². The van der Waals surface area contributed by atoms with Crippen molar-refractivity contribution in [2.45, 2.75) is 6.42 Å². The molecule has 0 saturated heterocycles. The largest absolute Gasteiger partial charge is 0.396 e. The van der Waals surface area contributed by atoms with Crippen molar-refractivity contribution in [2.75, 3.05) is 18.5 Å². The van der Waals surface area contributed by atoms with Crippen LogP contribution in [0.25, 0.3) is 10.9 Å². The van der Waals surface area contributed by atoms with Crippen LogP contribution in [0.2, 0.25) is 0 Å². The number of hydrogen-bond donors (Lipinski definition) is 4. The number of hydrogen-bond acceptors (Lipinski definition) is 2. The lowest BCUT2D eigenvalue weighted by Crippen LogP contribution is -2.29. The summed E-state index contributed by atoms with van der Waals surface area (Å²) < 4.78 is 0. The summed E-state index contributed by atoms with van der Waals surface area (Å²) in [7, 11) is 0. The van der Waals surface area contributed by atoms with Gasteiger partial charge in [0.15, 0.2) is 0 Å². The van der Waals surface area contributed by atoms with Crippen LogP contribution >= 0.6 is 0 Å². The van der Waals surface area contributed by atoms with Crippen molar-refractivity contribution < 1.29 is 9.90 Å². The van der Waals surface area contributed by atoms with Gasteiger partial charge in [-0.3, -0.25) is 0 Å². The molecule has 0 unspecified atom stereocenters. The summed E-state index contributed by atoms with van der Waals surface area (Å²) in [6.45, 7) is 0.546. The third kappa shape index (κ3) is 2.98. The fraction of sp³-hybridized carbons (Fsp3) is 0.250. The van der Waals surface area contributed by atoms with Crippen molar-refractivity contribution in [1.29, 1.82) is 0 Å². The second-order valence-electron chi connectivity index (χ2n) is 3.74. The molecular weight excluding hydrogens is 218 g/mol. The summed E-state index contributed by atoms with van der Waals surface area (Å²) in [4.78, 5) is 14.5. The van der Waals surface area contributed by atoms with Crippen LogP contribution in [-0.4, -0.2) is 29.3 Å². The molecule has 0 spiro atoms. The molecule has 0 aliphatic rings. The summed E-state index contributed by atoms with van der Waals surface area (Å²) in [5, 5.41) is 15.0. The molecule has 0 saturated carbocycles. The molecule has 1 aromatic carbocycles. The fourth-order valence-corrected chi connectivity index (χ4v) is 1.59. The molecule has 90 valence electrons. The lowest BCUT2D eigenvalue weighted by Gasteiger charge is -2.06. The lowest BCUT2D eigenvalue weighted by molar-refractivity contribution is 0.249. The number of carbonyl (C=O) groups excluding carboxylic acids is 1. The van der Waals surface area contributed by atoms with Crippen molar-refractivity contribution >= 4 is 22.6 Å². The quantitative estimate of drug-likeness (QED) is 0.606. The van der Waals surface area contributed by atoms with E-state index in [1.807, 2.05) is 30.5 Å². The first-order chi connectivity index (χ1) is 8.29. The van der Waals surface area contributed by atoms with E-state index >= 15 is 0 Å². The molecule has 0 bridgehead atoms. The zero-order chi connectivity index (χ0) is 12.1. The monoisotopic (exact) mass is 233 g/mol. The van der Waals surface area contributed by atoms with Crippen molar-refractivity contribution in [3.63, 3.8) is 0 Å². The van der Waals surface area contributed by atoms with E-state index in [9.17, 15) is 4.79 Å². The first-order valence-corrected chi connectivity index (χ1v) is 5.52. The van der Waals surface area contributed by atoms with Crippen molar-refractivity contribution in [3.8, 4) is 0 Å². The fourth-order valence-electron chi connectivity index (χ4n) is 1.59. The molecule has 5 nitrogen and oxygen atoms in total. The van der Waals surface area contributed by atoms with Gasteiger partial charge in [-0.1, -0.05) is 0 Å². The van der Waals surface area contributed by atoms with Crippen LogP contribution in [-0.2, 0) is 0 Å². The Morgan fingerprint density at radius 1 is 1.35 bits per heavy atom. The van der Waals surface area contributed by atoms with E-state index in [1.54, 1.807) is 0 Å². The van der Waals surface area contributed by atoms with Gasteiger partial charge in [-0.25, -0.2) is 4.79 Å². The van der Waals surface area contributed by atoms with Crippen LogP contribution < -0.4 is 10.6 Å². The van der Waals surface area contributed by atoms with Gasteiger partial charge in [-0.15, -0.1) is 0 Å². The minimum atomic E-state index is -0.256. The number of aliphatic hydroxyl groups is 1. The van der Waals surface area contributed by atoms with Crippen LogP contribution in [0.15, 0.2) is 30.5 Å². The summed E-state index contributed by atoms with van der Waals surface area (Å²) >= 11 is 0. The Hall–Kier alpha value is -2.01. The molecule has 1 heterocycles. The van der Waals surface area contributed by atoms with E-state index in [1.165, 1.54) is 0 Å². The van der Waals surface area contributed by atoms with Gasteiger partial charge in [0.25, 0.3) is 0 Å². The summed E-state index contributed by atoms with van der Waals surface area (Å²) in [6, 6.07) is 7.35. The molecule has 0 radical (unpaired) electrons. The SMILES string of the molecule is O=C(NCCCO)Nc1ccc2[nH]ccc2c1. The van der Waals surface area contributed by atoms with Gasteiger partial charge in [0.1, 0.15) is 0 Å². The number of fused-ring (bicyclic) bond motifs is 1. The average Bonchev–Trinajstić information content (AvgIpc) is 2.76. The predicted molar refractivity (Wildman–Crippen MR) is 67.0 cm³/mol. The highest BCUT2D eigenvalue weighted by Crippen LogP contribution is 2.17. The second kappa shape index (κ2) is 5.36. The molecule has 1 aromatic heterocycles. The number of nitrogens with one attached hydrogen (secondary N) is 3. The molecule has 0 atom stereocenters. The summed E-state index contributed by atoms with van der Waals surface area (Å²) in [5.74, 6) is 0. The molecule has 17 heavy (non-hydrogen) atoms. The Labute approximate surface area is 98.8 Å². The van der Waals surface area contributed by atoms with Crippen LogP contribution in [0, 0.1) is 0 Å². The molecule has 5 heteroatoms. The van der Waals surface area contributed by atoms with Crippen LogP contribution in [0.1, 0.15) is 6.42 Å². The number of H-pyrrole nitrogens is 1. The number of anilines is 1. The number of amides is 2. The standard InChI is InChI=1S/C12H15N3O2/c16-7-1-5-14-12(17)15-10-2-3-11-9(8-10)4-6-13-11/h2-4,6,8,13,16H,1,5,7H2,(H2,14,15,17). The Bertz CT molecular complexity index is 507. The third-order valence-electron chi connectivity index (χ3n) is 2.43. The van der Waals surface area contributed by atoms with Gasteiger partial charge in [0, 0.05) is 35.9 Å². The predicted octanol–water partition coefficient (Wildman–Crippen LogP) is 1.67. The normalized spacial score (nSPS) is 10.4. The minimum Gasteiger partial charge on any atom is -0.396 e. The van der Waals surface area contributed by atoms with Gasteiger partial charge >= 0.3 is 6.03 Å². The van der Waals surface area contributed by atoms with Crippen molar-refractivity contribution in [2.24, 2.45) is 0 Å². The summed E-state index contributed by atoms with van der Waals surface area (Å²) in [5.41, 5.74) is 1.79. The minimum absolute atomic E-state index is 0.0790. The smallest absolute Gasteiger partial charge is 0.319 e. The Morgan fingerprint density at radius 2 is 2.24 bits per heavy atom. The van der Waals surface area contributed by atoms with Crippen LogP contribution in [0.3, 0.4) is 0 Å². The van der Waals surface area contributed by atoms with Gasteiger partial charge in [-0.2, -0.15) is 0 Å². The number of rotatable bonds is 4. The zero-order valence-corrected chi connectivity index (χ0v) is 9.36. The number of benzene rings is 1. The topological polar surface area (TPSA) is 77.2 Å². The van der Waals surface area contributed by atoms with Gasteiger partial charge in [0.05, 0.1) is 0 Å². The van der Waals surface area contributed by atoms with Gasteiger partial charge in [-0.05, 0) is 30.7 Å². The Balaban J connectivity index is 1.95. The summed E-state index contributed by atoms with van der Waals surface area (Å²) in [6.07, 6.45) is 2.42. The van der Waals surface area contributed by atoms with E-state index in [0.29, 0.717) is 13.0 Å². The number of aromatic nitrogens is 1. The molecule has 0 fully saturated rings. The molecule has 2 aromatic rings. The molecule has 0 aliphatic heterocycles. The molecular formula is C12H15N3O2. The van der Waals surface area contributed by atoms with E-state index in [2.05, 4.69) is 15.6 Å². The zero-order valence-electron chi connectivity index (χ0n) is 9.36.